The van der Waals surface area contributed by atoms with Crippen LogP contribution in [0.1, 0.15) is 65.7 Å². The van der Waals surface area contributed by atoms with Gasteiger partial charge in [0, 0.05) is 0 Å². The molecule has 0 saturated carbocycles. The SMILES string of the molecule is CC=CC=CCC.CCCCCN1CCCCC1. The molecule has 0 aromatic carbocycles. The molecule has 18 heavy (non-hydrogen) atoms. The molecular weight excluding hydrogens is 218 g/mol. The van der Waals surface area contributed by atoms with Crippen molar-refractivity contribution in [2.45, 2.75) is 65.7 Å². The second kappa shape index (κ2) is 14.5. The number of hydrogen-bond acceptors (Lipinski definition) is 1. The summed E-state index contributed by atoms with van der Waals surface area (Å²) in [5, 5.41) is 0. The van der Waals surface area contributed by atoms with Crippen molar-refractivity contribution in [3.63, 3.8) is 0 Å². The molecule has 1 heterocycles. The summed E-state index contributed by atoms with van der Waals surface area (Å²) in [6, 6.07) is 0. The van der Waals surface area contributed by atoms with Gasteiger partial charge < -0.3 is 4.90 Å². The average Bonchev–Trinajstić information content (AvgIpc) is 2.42. The molecule has 0 radical (unpaired) electrons. The number of rotatable bonds is 6. The van der Waals surface area contributed by atoms with Gasteiger partial charge in [-0.2, -0.15) is 0 Å². The highest BCUT2D eigenvalue weighted by Gasteiger charge is 2.08. The van der Waals surface area contributed by atoms with Crippen LogP contribution in [0, 0.1) is 0 Å². The Kier molecular flexibility index (Phi) is 14.0. The van der Waals surface area contributed by atoms with Crippen LogP contribution in [0.4, 0.5) is 0 Å². The van der Waals surface area contributed by atoms with Crippen molar-refractivity contribution in [2.75, 3.05) is 19.6 Å². The highest BCUT2D eigenvalue weighted by molar-refractivity contribution is 5.00. The lowest BCUT2D eigenvalue weighted by atomic mass is 10.1. The van der Waals surface area contributed by atoms with Crippen molar-refractivity contribution < 1.29 is 0 Å². The molecule has 1 saturated heterocycles. The monoisotopic (exact) mass is 251 g/mol. The minimum absolute atomic E-state index is 1.13. The van der Waals surface area contributed by atoms with Gasteiger partial charge in [-0.05, 0) is 52.2 Å². The molecular formula is C17H33N. The smallest absolute Gasteiger partial charge is 0.00187 e. The topological polar surface area (TPSA) is 3.24 Å². The molecule has 0 atom stereocenters. The van der Waals surface area contributed by atoms with Gasteiger partial charge in [0.25, 0.3) is 0 Å². The number of likely N-dealkylation sites (tertiary alicyclic amines) is 1. The van der Waals surface area contributed by atoms with Crippen LogP contribution in [0.3, 0.4) is 0 Å². The molecule has 1 aliphatic heterocycles. The van der Waals surface area contributed by atoms with Gasteiger partial charge in [0.1, 0.15) is 0 Å². The molecule has 0 aromatic heterocycles. The zero-order valence-electron chi connectivity index (χ0n) is 12.8. The number of allylic oxidation sites excluding steroid dienone is 4. The second-order valence-corrected chi connectivity index (χ2v) is 4.97. The highest BCUT2D eigenvalue weighted by atomic mass is 15.1. The first-order chi connectivity index (χ1) is 8.85. The molecule has 1 nitrogen and oxygen atoms in total. The van der Waals surface area contributed by atoms with Crippen LogP contribution in [0.15, 0.2) is 24.3 Å². The van der Waals surface area contributed by atoms with E-state index in [1.165, 1.54) is 58.2 Å². The van der Waals surface area contributed by atoms with Crippen LogP contribution in [-0.4, -0.2) is 24.5 Å². The van der Waals surface area contributed by atoms with Crippen LogP contribution in [-0.2, 0) is 0 Å². The van der Waals surface area contributed by atoms with E-state index >= 15 is 0 Å². The third-order valence-corrected chi connectivity index (χ3v) is 3.20. The summed E-state index contributed by atoms with van der Waals surface area (Å²) < 4.78 is 0. The normalized spacial score (nSPS) is 17.1. The van der Waals surface area contributed by atoms with Crippen LogP contribution < -0.4 is 0 Å². The van der Waals surface area contributed by atoms with Gasteiger partial charge in [0.15, 0.2) is 0 Å². The van der Waals surface area contributed by atoms with Gasteiger partial charge >= 0.3 is 0 Å². The van der Waals surface area contributed by atoms with Gasteiger partial charge in [0.05, 0.1) is 0 Å². The van der Waals surface area contributed by atoms with E-state index in [0.29, 0.717) is 0 Å². The average molecular weight is 251 g/mol. The van der Waals surface area contributed by atoms with E-state index in [9.17, 15) is 0 Å². The van der Waals surface area contributed by atoms with Gasteiger partial charge in [-0.1, -0.05) is 57.4 Å². The Morgan fingerprint density at radius 2 is 1.67 bits per heavy atom. The minimum atomic E-state index is 1.13. The Bertz CT molecular complexity index is 200. The predicted molar refractivity (Wildman–Crippen MR) is 84.1 cm³/mol. The lowest BCUT2D eigenvalue weighted by molar-refractivity contribution is 0.224. The zero-order valence-corrected chi connectivity index (χ0v) is 12.8. The third-order valence-electron chi connectivity index (χ3n) is 3.20. The van der Waals surface area contributed by atoms with Crippen molar-refractivity contribution in [1.82, 2.24) is 4.90 Å². The molecule has 1 rings (SSSR count). The van der Waals surface area contributed by atoms with Crippen molar-refractivity contribution in [3.05, 3.63) is 24.3 Å². The van der Waals surface area contributed by atoms with Crippen molar-refractivity contribution in [1.29, 1.82) is 0 Å². The van der Waals surface area contributed by atoms with E-state index in [4.69, 9.17) is 0 Å². The van der Waals surface area contributed by atoms with E-state index in [1.807, 2.05) is 19.1 Å². The molecule has 0 bridgehead atoms. The van der Waals surface area contributed by atoms with E-state index in [0.717, 1.165) is 6.42 Å². The lowest BCUT2D eigenvalue weighted by Gasteiger charge is -2.26. The van der Waals surface area contributed by atoms with E-state index < -0.39 is 0 Å². The molecule has 1 aliphatic rings. The molecule has 0 unspecified atom stereocenters. The molecule has 0 spiro atoms. The number of unbranched alkanes of at least 4 members (excludes halogenated alkanes) is 2. The van der Waals surface area contributed by atoms with E-state index in [1.54, 1.807) is 0 Å². The summed E-state index contributed by atoms with van der Waals surface area (Å²) in [4.78, 5) is 2.62. The minimum Gasteiger partial charge on any atom is -0.303 e. The van der Waals surface area contributed by atoms with Crippen molar-refractivity contribution in [2.24, 2.45) is 0 Å². The lowest BCUT2D eigenvalue weighted by Crippen LogP contribution is -2.30. The summed E-state index contributed by atoms with van der Waals surface area (Å²) >= 11 is 0. The van der Waals surface area contributed by atoms with Crippen LogP contribution in [0.5, 0.6) is 0 Å². The number of piperidine rings is 1. The summed E-state index contributed by atoms with van der Waals surface area (Å²) in [6.45, 7) is 10.5. The molecule has 0 aromatic rings. The van der Waals surface area contributed by atoms with Crippen LogP contribution in [0.25, 0.3) is 0 Å². The molecule has 106 valence electrons. The fourth-order valence-electron chi connectivity index (χ4n) is 2.09. The zero-order chi connectivity index (χ0) is 13.5. The van der Waals surface area contributed by atoms with Gasteiger partial charge in [-0.25, -0.2) is 0 Å². The van der Waals surface area contributed by atoms with Gasteiger partial charge in [-0.15, -0.1) is 0 Å². The van der Waals surface area contributed by atoms with Crippen molar-refractivity contribution >= 4 is 0 Å². The maximum atomic E-state index is 2.62. The maximum Gasteiger partial charge on any atom is -0.00187 e. The van der Waals surface area contributed by atoms with Crippen LogP contribution in [0.2, 0.25) is 0 Å². The summed E-state index contributed by atoms with van der Waals surface area (Å²) in [6.07, 6.45) is 17.9. The Hall–Kier alpha value is -0.560. The van der Waals surface area contributed by atoms with E-state index in [2.05, 4.69) is 30.9 Å². The van der Waals surface area contributed by atoms with Gasteiger partial charge in [0.2, 0.25) is 0 Å². The highest BCUT2D eigenvalue weighted by Crippen LogP contribution is 2.09. The standard InChI is InChI=1S/C10H21N.C7H12/c1-2-3-5-8-11-9-6-4-7-10-11;1-3-5-7-6-4-2/h2-10H2,1H3;3,5-7H,4H2,1-2H3. The molecule has 1 heteroatoms. The Morgan fingerprint density at radius 1 is 0.944 bits per heavy atom. The molecule has 1 fully saturated rings. The van der Waals surface area contributed by atoms with E-state index in [-0.39, 0.29) is 0 Å². The molecule has 0 amide bonds. The Morgan fingerprint density at radius 3 is 2.22 bits per heavy atom. The van der Waals surface area contributed by atoms with Crippen LogP contribution >= 0.6 is 0 Å². The summed E-state index contributed by atoms with van der Waals surface area (Å²) in [5.74, 6) is 0. The Labute approximate surface area is 115 Å². The predicted octanol–water partition coefficient (Wildman–Crippen LogP) is 5.19. The van der Waals surface area contributed by atoms with Crippen molar-refractivity contribution in [3.8, 4) is 0 Å². The first kappa shape index (κ1) is 17.4. The summed E-state index contributed by atoms with van der Waals surface area (Å²) in [7, 11) is 0. The fraction of sp³-hybridized carbons (Fsp3) is 0.765. The quantitative estimate of drug-likeness (QED) is 0.464. The molecule has 0 aliphatic carbocycles. The first-order valence-corrected chi connectivity index (χ1v) is 7.85. The molecule has 0 N–H and O–H groups in total. The van der Waals surface area contributed by atoms with Gasteiger partial charge in [-0.3, -0.25) is 0 Å². The third kappa shape index (κ3) is 11.9. The second-order valence-electron chi connectivity index (χ2n) is 4.97. The maximum absolute atomic E-state index is 2.62. The fourth-order valence-corrected chi connectivity index (χ4v) is 2.09. The largest absolute Gasteiger partial charge is 0.303 e. The Balaban J connectivity index is 0.000000360. The first-order valence-electron chi connectivity index (χ1n) is 7.85. The number of hydrogen-bond donors (Lipinski definition) is 0. The summed E-state index contributed by atoms with van der Waals surface area (Å²) in [5.41, 5.74) is 0. The number of nitrogens with zero attached hydrogens (tertiary/aromatic N) is 1.